The van der Waals surface area contributed by atoms with Crippen LogP contribution in [0.5, 0.6) is 0 Å². The van der Waals surface area contributed by atoms with Crippen LogP contribution in [0.25, 0.3) is 53.2 Å². The van der Waals surface area contributed by atoms with E-state index in [0.717, 1.165) is 16.7 Å². The van der Waals surface area contributed by atoms with Crippen molar-refractivity contribution in [2.24, 2.45) is 0 Å². The van der Waals surface area contributed by atoms with Crippen molar-refractivity contribution in [1.29, 1.82) is 0 Å². The summed E-state index contributed by atoms with van der Waals surface area (Å²) in [4.78, 5) is 0. The molecule has 6 aromatic rings. The van der Waals surface area contributed by atoms with Crippen molar-refractivity contribution in [2.45, 2.75) is 6.92 Å². The average Bonchev–Trinajstić information content (AvgIpc) is 3.25. The molecule has 128 valence electrons. The van der Waals surface area contributed by atoms with Gasteiger partial charge in [0.1, 0.15) is 11.2 Å². The molecule has 0 saturated carbocycles. The van der Waals surface area contributed by atoms with E-state index in [9.17, 15) is 0 Å². The summed E-state index contributed by atoms with van der Waals surface area (Å²) in [5.74, 6) is 0. The summed E-state index contributed by atoms with van der Waals surface area (Å²) in [6.07, 6.45) is 0. The van der Waals surface area contributed by atoms with E-state index in [-0.39, 0.29) is 0 Å². The summed E-state index contributed by atoms with van der Waals surface area (Å²) in [5.41, 5.74) is 5.56. The third-order valence-corrected chi connectivity index (χ3v) is 6.49. The summed E-state index contributed by atoms with van der Waals surface area (Å²) >= 11 is 1.86. The Morgan fingerprint density at radius 1 is 0.667 bits per heavy atom. The Hall–Kier alpha value is -3.10. The molecular weight excluding hydrogens is 348 g/mol. The van der Waals surface area contributed by atoms with Crippen molar-refractivity contribution in [1.82, 2.24) is 0 Å². The van der Waals surface area contributed by atoms with Gasteiger partial charge in [-0.3, -0.25) is 0 Å². The molecule has 2 heteroatoms. The Morgan fingerprint density at radius 2 is 1.44 bits per heavy atom. The topological polar surface area (TPSA) is 13.1 Å². The van der Waals surface area contributed by atoms with Gasteiger partial charge >= 0.3 is 0 Å². The van der Waals surface area contributed by atoms with E-state index in [1.54, 1.807) is 0 Å². The maximum absolute atomic E-state index is 6.24. The van der Waals surface area contributed by atoms with Crippen LogP contribution in [0.2, 0.25) is 0 Å². The van der Waals surface area contributed by atoms with E-state index in [2.05, 4.69) is 73.7 Å². The molecule has 4 aromatic carbocycles. The monoisotopic (exact) mass is 364 g/mol. The number of hydrogen-bond donors (Lipinski definition) is 0. The molecule has 2 aromatic heterocycles. The third kappa shape index (κ3) is 2.17. The average molecular weight is 364 g/mol. The normalized spacial score (nSPS) is 11.9. The standard InChI is InChI=1S/C25H16OS/c1-15-9-11-23-20(13-15)21-14-16(10-12-24(21)27-23)17-6-4-7-19-18-5-2-3-8-22(18)26-25(17)19/h2-14H,1H3. The van der Waals surface area contributed by atoms with Crippen molar-refractivity contribution in [3.8, 4) is 11.1 Å². The number of hydrogen-bond acceptors (Lipinski definition) is 2. The fourth-order valence-electron chi connectivity index (χ4n) is 4.03. The van der Waals surface area contributed by atoms with E-state index in [1.165, 1.54) is 42.1 Å². The summed E-state index contributed by atoms with van der Waals surface area (Å²) in [6, 6.07) is 28.2. The zero-order valence-corrected chi connectivity index (χ0v) is 15.6. The highest BCUT2D eigenvalue weighted by molar-refractivity contribution is 7.25. The Bertz CT molecular complexity index is 1480. The molecule has 0 aliphatic carbocycles. The lowest BCUT2D eigenvalue weighted by atomic mass is 10.00. The first-order chi connectivity index (χ1) is 13.3. The molecule has 0 N–H and O–H groups in total. The predicted octanol–water partition coefficient (Wildman–Crippen LogP) is 7.93. The minimum Gasteiger partial charge on any atom is -0.455 e. The molecule has 27 heavy (non-hydrogen) atoms. The van der Waals surface area contributed by atoms with Crippen molar-refractivity contribution in [3.05, 3.63) is 84.4 Å². The first-order valence-corrected chi connectivity index (χ1v) is 9.93. The Labute approximate surface area is 160 Å². The molecule has 0 aliphatic rings. The Balaban J connectivity index is 1.67. The molecule has 0 radical (unpaired) electrons. The van der Waals surface area contributed by atoms with Crippen molar-refractivity contribution in [3.63, 3.8) is 0 Å². The molecule has 0 spiro atoms. The molecule has 0 atom stereocenters. The molecule has 2 heterocycles. The van der Waals surface area contributed by atoms with E-state index in [0.29, 0.717) is 0 Å². The summed E-state index contributed by atoms with van der Waals surface area (Å²) in [7, 11) is 0. The second kappa shape index (κ2) is 5.45. The fraction of sp³-hybridized carbons (Fsp3) is 0.0400. The van der Waals surface area contributed by atoms with Crippen LogP contribution in [0.3, 0.4) is 0 Å². The van der Waals surface area contributed by atoms with E-state index in [4.69, 9.17) is 4.42 Å². The molecule has 6 rings (SSSR count). The lowest BCUT2D eigenvalue weighted by Crippen LogP contribution is -1.79. The van der Waals surface area contributed by atoms with Gasteiger partial charge in [-0.2, -0.15) is 0 Å². The molecule has 0 amide bonds. The molecule has 1 nitrogen and oxygen atoms in total. The number of para-hydroxylation sites is 2. The van der Waals surface area contributed by atoms with Crippen molar-refractivity contribution in [2.75, 3.05) is 0 Å². The smallest absolute Gasteiger partial charge is 0.143 e. The van der Waals surface area contributed by atoms with Crippen molar-refractivity contribution < 1.29 is 4.42 Å². The van der Waals surface area contributed by atoms with Crippen LogP contribution in [-0.4, -0.2) is 0 Å². The number of benzene rings is 4. The van der Waals surface area contributed by atoms with Gasteiger partial charge in [-0.05, 0) is 42.8 Å². The van der Waals surface area contributed by atoms with Crippen LogP contribution < -0.4 is 0 Å². The molecular formula is C25H16OS. The highest BCUT2D eigenvalue weighted by atomic mass is 32.1. The van der Waals surface area contributed by atoms with Gasteiger partial charge in [-0.1, -0.05) is 54.1 Å². The first-order valence-electron chi connectivity index (χ1n) is 9.11. The lowest BCUT2D eigenvalue weighted by Gasteiger charge is -2.04. The largest absolute Gasteiger partial charge is 0.455 e. The molecule has 0 saturated heterocycles. The highest BCUT2D eigenvalue weighted by Gasteiger charge is 2.13. The van der Waals surface area contributed by atoms with Gasteiger partial charge in [-0.15, -0.1) is 11.3 Å². The lowest BCUT2D eigenvalue weighted by molar-refractivity contribution is 0.670. The second-order valence-corrected chi connectivity index (χ2v) is 8.18. The van der Waals surface area contributed by atoms with Crippen LogP contribution >= 0.6 is 11.3 Å². The summed E-state index contributed by atoms with van der Waals surface area (Å²) in [5, 5.41) is 5.01. The van der Waals surface area contributed by atoms with Gasteiger partial charge in [0.15, 0.2) is 0 Å². The SMILES string of the molecule is Cc1ccc2sc3ccc(-c4cccc5c4oc4ccccc45)cc3c2c1. The number of aryl methyl sites for hydroxylation is 1. The van der Waals surface area contributed by atoms with Gasteiger partial charge in [0.25, 0.3) is 0 Å². The minimum atomic E-state index is 0.942. The van der Waals surface area contributed by atoms with E-state index < -0.39 is 0 Å². The number of rotatable bonds is 1. The quantitative estimate of drug-likeness (QED) is 0.289. The number of fused-ring (bicyclic) bond motifs is 6. The van der Waals surface area contributed by atoms with Crippen molar-refractivity contribution >= 4 is 53.4 Å². The van der Waals surface area contributed by atoms with Gasteiger partial charge in [-0.25, -0.2) is 0 Å². The number of thiophene rings is 1. The maximum atomic E-state index is 6.24. The highest BCUT2D eigenvalue weighted by Crippen LogP contribution is 2.40. The molecule has 0 fully saturated rings. The Morgan fingerprint density at radius 3 is 2.37 bits per heavy atom. The first kappa shape index (κ1) is 15.0. The zero-order chi connectivity index (χ0) is 18.0. The maximum Gasteiger partial charge on any atom is 0.143 e. The van der Waals surface area contributed by atoms with Crippen LogP contribution in [0.1, 0.15) is 5.56 Å². The molecule has 0 unspecified atom stereocenters. The van der Waals surface area contributed by atoms with E-state index in [1.807, 2.05) is 23.5 Å². The summed E-state index contributed by atoms with van der Waals surface area (Å²) < 4.78 is 8.91. The van der Waals surface area contributed by atoms with Crippen LogP contribution in [0, 0.1) is 6.92 Å². The zero-order valence-electron chi connectivity index (χ0n) is 14.8. The second-order valence-electron chi connectivity index (χ2n) is 7.09. The van der Waals surface area contributed by atoms with Crippen LogP contribution in [0.4, 0.5) is 0 Å². The fourth-order valence-corrected chi connectivity index (χ4v) is 5.10. The summed E-state index contributed by atoms with van der Waals surface area (Å²) in [6.45, 7) is 2.15. The third-order valence-electron chi connectivity index (χ3n) is 5.34. The molecule has 0 bridgehead atoms. The number of furan rings is 1. The minimum absolute atomic E-state index is 0.942. The molecule has 0 aliphatic heterocycles. The van der Waals surface area contributed by atoms with Crippen LogP contribution in [0.15, 0.2) is 83.3 Å². The Kier molecular flexibility index (Phi) is 3.03. The van der Waals surface area contributed by atoms with E-state index >= 15 is 0 Å². The van der Waals surface area contributed by atoms with Gasteiger partial charge in [0, 0.05) is 36.5 Å². The van der Waals surface area contributed by atoms with Gasteiger partial charge < -0.3 is 4.42 Å². The van der Waals surface area contributed by atoms with Gasteiger partial charge in [0.2, 0.25) is 0 Å². The van der Waals surface area contributed by atoms with Gasteiger partial charge in [0.05, 0.1) is 0 Å². The van der Waals surface area contributed by atoms with Crippen LogP contribution in [-0.2, 0) is 0 Å². The predicted molar refractivity (Wildman–Crippen MR) is 117 cm³/mol.